The Morgan fingerprint density at radius 1 is 0.853 bits per heavy atom. The zero-order chi connectivity index (χ0) is 26.1. The van der Waals surface area contributed by atoms with Gasteiger partial charge in [-0.2, -0.15) is 0 Å². The van der Waals surface area contributed by atoms with Crippen molar-refractivity contribution >= 4 is 119 Å². The summed E-state index contributed by atoms with van der Waals surface area (Å²) < 4.78 is 0. The van der Waals surface area contributed by atoms with Gasteiger partial charge >= 0.3 is 0 Å². The molecule has 1 unspecified atom stereocenters. The highest BCUT2D eigenvalue weighted by Gasteiger charge is 2.22. The van der Waals surface area contributed by atoms with E-state index in [0.717, 1.165) is 34.7 Å². The van der Waals surface area contributed by atoms with Crippen molar-refractivity contribution in [2.75, 3.05) is 0 Å². The Morgan fingerprint density at radius 2 is 1.38 bits per heavy atom. The molecule has 34 heavy (non-hydrogen) atoms. The molecule has 0 spiro atoms. The van der Waals surface area contributed by atoms with Crippen LogP contribution in [0.2, 0.25) is 5.82 Å². The number of aliphatic hydroxyl groups excluding tert-OH is 1. The molecule has 0 aliphatic heterocycles. The Bertz CT molecular complexity index is 1330. The van der Waals surface area contributed by atoms with E-state index in [9.17, 15) is 5.11 Å². The number of allylic oxidation sites excluding steroid dienone is 7. The van der Waals surface area contributed by atoms with Crippen LogP contribution < -0.4 is 32.3 Å². The Kier molecular flexibility index (Phi) is 9.26. The van der Waals surface area contributed by atoms with Crippen LogP contribution in [0.3, 0.4) is 0 Å². The molecular formula is C22H33B11O. The van der Waals surface area contributed by atoms with E-state index in [1.807, 2.05) is 23.5 Å². The van der Waals surface area contributed by atoms with Crippen molar-refractivity contribution in [1.82, 2.24) is 0 Å². The minimum Gasteiger partial charge on any atom is -0.513 e. The van der Waals surface area contributed by atoms with Crippen LogP contribution >= 0.6 is 0 Å². The molecule has 0 amide bonds. The maximum absolute atomic E-state index is 11.1. The molecule has 1 N–H and O–H groups in total. The summed E-state index contributed by atoms with van der Waals surface area (Å²) in [5.74, 6) is 3.49. The van der Waals surface area contributed by atoms with Crippen LogP contribution in [0.1, 0.15) is 19.3 Å². The molecule has 1 aromatic carbocycles. The van der Waals surface area contributed by atoms with E-state index < -0.39 is 0 Å². The summed E-state index contributed by atoms with van der Waals surface area (Å²) in [5.41, 5.74) is 14.9. The smallest absolute Gasteiger partial charge is 0.149 e. The third-order valence-electron chi connectivity index (χ3n) is 8.62. The number of aliphatic hydroxyl groups is 1. The highest BCUT2D eigenvalue weighted by atomic mass is 16.3. The first kappa shape index (κ1) is 28.2. The average Bonchev–Trinajstić information content (AvgIpc) is 2.82. The van der Waals surface area contributed by atoms with Gasteiger partial charge in [0.1, 0.15) is 86.3 Å². The molecular weight excluding hydrogens is 399 g/mol. The van der Waals surface area contributed by atoms with E-state index in [1.165, 1.54) is 54.4 Å². The van der Waals surface area contributed by atoms with Gasteiger partial charge in [-0.3, -0.25) is 0 Å². The lowest BCUT2D eigenvalue weighted by Crippen LogP contribution is -2.65. The van der Waals surface area contributed by atoms with Crippen molar-refractivity contribution in [1.29, 1.82) is 0 Å². The zero-order valence-corrected chi connectivity index (χ0v) is 23.4. The van der Waals surface area contributed by atoms with Crippen LogP contribution in [0.4, 0.5) is 0 Å². The van der Waals surface area contributed by atoms with Gasteiger partial charge < -0.3 is 5.11 Å². The molecule has 2 rings (SSSR count). The van der Waals surface area contributed by atoms with E-state index in [1.54, 1.807) is 0 Å². The Hall–Kier alpha value is -2.01. The van der Waals surface area contributed by atoms with Crippen LogP contribution in [-0.2, 0) is 0 Å². The average molecular weight is 432 g/mol. The Labute approximate surface area is 217 Å². The summed E-state index contributed by atoms with van der Waals surface area (Å²) in [6.45, 7) is 4.18. The lowest BCUT2D eigenvalue weighted by Gasteiger charge is -2.28. The van der Waals surface area contributed by atoms with Crippen LogP contribution in [0.25, 0.3) is 11.1 Å². The second kappa shape index (κ2) is 11.2. The highest BCUT2D eigenvalue weighted by Crippen LogP contribution is 2.31. The molecule has 1 nitrogen and oxygen atoms in total. The summed E-state index contributed by atoms with van der Waals surface area (Å²) in [5, 5.41) is 13.9. The largest absolute Gasteiger partial charge is 0.513 e. The first-order valence-electron chi connectivity index (χ1n) is 12.4. The van der Waals surface area contributed by atoms with E-state index in [2.05, 4.69) is 75.3 Å². The van der Waals surface area contributed by atoms with E-state index in [4.69, 9.17) is 6.42 Å². The van der Waals surface area contributed by atoms with Crippen LogP contribution in [-0.4, -0.2) is 91.4 Å². The van der Waals surface area contributed by atoms with Gasteiger partial charge in [0.25, 0.3) is 0 Å². The number of hydrogen-bond acceptors (Lipinski definition) is 1. The van der Waals surface area contributed by atoms with Crippen molar-refractivity contribution in [3.05, 3.63) is 55.6 Å². The van der Waals surface area contributed by atoms with Gasteiger partial charge in [0, 0.05) is 6.42 Å². The number of fused-ring (bicyclic) bond motifs is 1. The fourth-order valence-electron chi connectivity index (χ4n) is 5.16. The van der Waals surface area contributed by atoms with Crippen LogP contribution in [0.15, 0.2) is 45.2 Å². The summed E-state index contributed by atoms with van der Waals surface area (Å²) in [7, 11) is 23.8. The molecule has 1 aliphatic carbocycles. The van der Waals surface area contributed by atoms with E-state index in [0.29, 0.717) is 18.0 Å². The third kappa shape index (κ3) is 5.30. The van der Waals surface area contributed by atoms with E-state index in [-0.39, 0.29) is 0 Å². The van der Waals surface area contributed by atoms with Gasteiger partial charge in [-0.1, -0.05) is 38.9 Å². The van der Waals surface area contributed by atoms with E-state index >= 15 is 0 Å². The number of benzene rings is 1. The summed E-state index contributed by atoms with van der Waals surface area (Å²) in [6, 6.07) is 0. The van der Waals surface area contributed by atoms with Crippen molar-refractivity contribution in [2.45, 2.75) is 25.1 Å². The molecule has 1 aliphatic rings. The summed E-state index contributed by atoms with van der Waals surface area (Å²) >= 11 is 0. The van der Waals surface area contributed by atoms with Crippen molar-refractivity contribution < 1.29 is 5.11 Å². The molecule has 0 fully saturated rings. The van der Waals surface area contributed by atoms with Crippen molar-refractivity contribution in [3.8, 4) is 12.3 Å². The standard InChI is InChI=1S/C22H33B11O/c1-3-10(24)16(27)17(28)11(34)6-8-4-5-9(15(26)20(31)14(25)7(2)23)13-12(8)18(29)21(32)22(33)19(13)30/h1,15,34H,2,4-6,23-33H2/b16-10-,17-11-,20-14-. The quantitative estimate of drug-likeness (QED) is 0.205. The molecule has 0 radical (unpaired) electrons. The normalized spacial score (nSPS) is 16.4. The second-order valence-electron chi connectivity index (χ2n) is 10.3. The number of hydrogen-bond donors (Lipinski definition) is 1. The minimum atomic E-state index is 0.353. The Balaban J connectivity index is 2.95. The predicted octanol–water partition coefficient (Wildman–Crippen LogP) is -10.2. The monoisotopic (exact) mass is 434 g/mol. The Morgan fingerprint density at radius 3 is 1.88 bits per heavy atom. The second-order valence-corrected chi connectivity index (χ2v) is 10.3. The topological polar surface area (TPSA) is 20.2 Å². The maximum atomic E-state index is 11.1. The molecule has 1 atom stereocenters. The zero-order valence-electron chi connectivity index (χ0n) is 23.4. The molecule has 0 saturated carbocycles. The number of terminal acetylenes is 1. The summed E-state index contributed by atoms with van der Waals surface area (Å²) in [4.78, 5) is 0. The first-order chi connectivity index (χ1) is 15.8. The van der Waals surface area contributed by atoms with Crippen LogP contribution in [0.5, 0.6) is 0 Å². The van der Waals surface area contributed by atoms with Crippen molar-refractivity contribution in [3.63, 3.8) is 0 Å². The molecule has 1 aromatic rings. The van der Waals surface area contributed by atoms with Crippen molar-refractivity contribution in [2.24, 2.45) is 0 Å². The SMILES string of the molecule is BC(=C)/C(B)=C(/B)C(B)C1=c2c(B)c(B)c(B)c(B)c2=C(C/C(O)=C(B)\C(B)=C(\B)C#C)CC1. The fraction of sp³-hybridized carbons (Fsp3) is 0.182. The lowest BCUT2D eigenvalue weighted by atomic mass is 9.57. The van der Waals surface area contributed by atoms with Gasteiger partial charge in [-0.05, 0) is 34.6 Å². The van der Waals surface area contributed by atoms with Gasteiger partial charge in [0.2, 0.25) is 0 Å². The highest BCUT2D eigenvalue weighted by molar-refractivity contribution is 6.62. The molecule has 0 heterocycles. The maximum Gasteiger partial charge on any atom is 0.149 e. The van der Waals surface area contributed by atoms with Gasteiger partial charge in [-0.15, -0.1) is 40.3 Å². The minimum absolute atomic E-state index is 0.353. The molecule has 0 bridgehead atoms. The molecule has 12 heteroatoms. The van der Waals surface area contributed by atoms with Gasteiger partial charge in [0.15, 0.2) is 0 Å². The molecule has 160 valence electrons. The third-order valence-corrected chi connectivity index (χ3v) is 8.62. The van der Waals surface area contributed by atoms with Gasteiger partial charge in [-0.25, -0.2) is 0 Å². The molecule has 0 aromatic heterocycles. The fourth-order valence-corrected chi connectivity index (χ4v) is 5.16. The summed E-state index contributed by atoms with van der Waals surface area (Å²) in [6.07, 6.45) is 8.14. The van der Waals surface area contributed by atoms with Crippen LogP contribution in [0, 0.1) is 12.3 Å². The first-order valence-corrected chi connectivity index (χ1v) is 12.4. The lowest BCUT2D eigenvalue weighted by molar-refractivity contribution is 0.400. The molecule has 0 saturated heterocycles. The predicted molar refractivity (Wildman–Crippen MR) is 184 cm³/mol. The number of rotatable bonds is 6. The van der Waals surface area contributed by atoms with Gasteiger partial charge in [0.05, 0.1) is 5.76 Å².